The van der Waals surface area contributed by atoms with Crippen LogP contribution in [0.4, 0.5) is 0 Å². The van der Waals surface area contributed by atoms with Crippen LogP contribution in [0, 0.1) is 11.3 Å². The smallest absolute Gasteiger partial charge is 0.0547 e. The molecule has 2 aliphatic rings. The van der Waals surface area contributed by atoms with Crippen molar-refractivity contribution >= 4 is 0 Å². The predicted octanol–water partition coefficient (Wildman–Crippen LogP) is 1.75. The lowest BCUT2D eigenvalue weighted by Gasteiger charge is -2.35. The molecule has 118 valence electrons. The van der Waals surface area contributed by atoms with Crippen LogP contribution in [-0.4, -0.2) is 64.6 Å². The van der Waals surface area contributed by atoms with E-state index in [4.69, 9.17) is 9.47 Å². The first-order valence-corrected chi connectivity index (χ1v) is 8.29. The maximum absolute atomic E-state index is 5.69. The van der Waals surface area contributed by atoms with Crippen molar-refractivity contribution in [3.8, 4) is 0 Å². The van der Waals surface area contributed by atoms with Gasteiger partial charge in [-0.05, 0) is 45.2 Å². The first-order chi connectivity index (χ1) is 9.74. The zero-order chi connectivity index (χ0) is 14.3. The first kappa shape index (κ1) is 16.2. The van der Waals surface area contributed by atoms with Crippen LogP contribution in [-0.2, 0) is 9.47 Å². The van der Waals surface area contributed by atoms with Crippen LogP contribution in [0.2, 0.25) is 0 Å². The van der Waals surface area contributed by atoms with Gasteiger partial charge < -0.3 is 19.7 Å². The van der Waals surface area contributed by atoms with Crippen LogP contribution in [0.3, 0.4) is 0 Å². The zero-order valence-corrected chi connectivity index (χ0v) is 13.3. The zero-order valence-electron chi connectivity index (χ0n) is 13.3. The van der Waals surface area contributed by atoms with E-state index in [0.29, 0.717) is 5.41 Å². The molecule has 4 nitrogen and oxygen atoms in total. The standard InChI is InChI=1S/C16H32N2O2/c1-3-7-17-12-16(6-9-20-14-16)13-18(2)10-15-5-4-8-19-11-15/h15,17H,3-14H2,1-2H3. The molecule has 2 atom stereocenters. The summed E-state index contributed by atoms with van der Waals surface area (Å²) in [5.41, 5.74) is 0.319. The van der Waals surface area contributed by atoms with Gasteiger partial charge in [-0.3, -0.25) is 0 Å². The van der Waals surface area contributed by atoms with Gasteiger partial charge in [-0.25, -0.2) is 0 Å². The summed E-state index contributed by atoms with van der Waals surface area (Å²) in [6.07, 6.45) is 4.94. The second-order valence-electron chi connectivity index (χ2n) is 6.76. The molecule has 0 amide bonds. The molecule has 1 N–H and O–H groups in total. The first-order valence-electron chi connectivity index (χ1n) is 8.29. The van der Waals surface area contributed by atoms with Gasteiger partial charge in [-0.1, -0.05) is 6.92 Å². The Morgan fingerprint density at radius 3 is 2.85 bits per heavy atom. The van der Waals surface area contributed by atoms with Crippen LogP contribution in [0.15, 0.2) is 0 Å². The fourth-order valence-electron chi connectivity index (χ4n) is 3.53. The van der Waals surface area contributed by atoms with Crippen molar-refractivity contribution < 1.29 is 9.47 Å². The highest BCUT2D eigenvalue weighted by Gasteiger charge is 2.36. The van der Waals surface area contributed by atoms with Crippen molar-refractivity contribution in [3.05, 3.63) is 0 Å². The molecule has 0 aromatic heterocycles. The van der Waals surface area contributed by atoms with Gasteiger partial charge in [0.2, 0.25) is 0 Å². The molecule has 0 bridgehead atoms. The fourth-order valence-corrected chi connectivity index (χ4v) is 3.53. The fraction of sp³-hybridized carbons (Fsp3) is 1.00. The second-order valence-corrected chi connectivity index (χ2v) is 6.76. The number of nitrogens with one attached hydrogen (secondary N) is 1. The third kappa shape index (κ3) is 4.99. The maximum Gasteiger partial charge on any atom is 0.0547 e. The molecule has 2 unspecified atom stereocenters. The molecule has 2 saturated heterocycles. The average Bonchev–Trinajstić information content (AvgIpc) is 2.88. The van der Waals surface area contributed by atoms with Crippen molar-refractivity contribution in [1.82, 2.24) is 10.2 Å². The van der Waals surface area contributed by atoms with Crippen molar-refractivity contribution in [3.63, 3.8) is 0 Å². The Morgan fingerprint density at radius 2 is 2.20 bits per heavy atom. The average molecular weight is 284 g/mol. The summed E-state index contributed by atoms with van der Waals surface area (Å²) in [6.45, 7) is 10.5. The summed E-state index contributed by atoms with van der Waals surface area (Å²) in [4.78, 5) is 2.50. The minimum absolute atomic E-state index is 0.319. The van der Waals surface area contributed by atoms with Crippen molar-refractivity contribution in [2.45, 2.75) is 32.6 Å². The van der Waals surface area contributed by atoms with Gasteiger partial charge in [0.25, 0.3) is 0 Å². The maximum atomic E-state index is 5.69. The van der Waals surface area contributed by atoms with Gasteiger partial charge in [-0.2, -0.15) is 0 Å². The summed E-state index contributed by atoms with van der Waals surface area (Å²) in [5.74, 6) is 0.719. The molecule has 2 fully saturated rings. The molecular weight excluding hydrogens is 252 g/mol. The van der Waals surface area contributed by atoms with Crippen LogP contribution < -0.4 is 5.32 Å². The Balaban J connectivity index is 1.77. The molecule has 2 rings (SSSR count). The monoisotopic (exact) mass is 284 g/mol. The largest absolute Gasteiger partial charge is 0.381 e. The SMILES string of the molecule is CCCNCC1(CN(C)CC2CCCOC2)CCOC1. The normalized spacial score (nSPS) is 31.1. The molecule has 0 aromatic carbocycles. The minimum atomic E-state index is 0.319. The van der Waals surface area contributed by atoms with Gasteiger partial charge in [0.15, 0.2) is 0 Å². The van der Waals surface area contributed by atoms with Crippen LogP contribution in [0.1, 0.15) is 32.6 Å². The molecule has 0 saturated carbocycles. The summed E-state index contributed by atoms with van der Waals surface area (Å²) < 4.78 is 11.3. The molecule has 2 aliphatic heterocycles. The number of hydrogen-bond donors (Lipinski definition) is 1. The Labute approximate surface area is 124 Å². The molecule has 2 heterocycles. The third-order valence-corrected chi connectivity index (χ3v) is 4.54. The van der Waals surface area contributed by atoms with Crippen LogP contribution >= 0.6 is 0 Å². The van der Waals surface area contributed by atoms with Gasteiger partial charge in [0.1, 0.15) is 0 Å². The van der Waals surface area contributed by atoms with E-state index >= 15 is 0 Å². The number of nitrogens with zero attached hydrogens (tertiary/aromatic N) is 1. The van der Waals surface area contributed by atoms with Gasteiger partial charge in [0.05, 0.1) is 13.2 Å². The summed E-state index contributed by atoms with van der Waals surface area (Å²) in [6, 6.07) is 0. The minimum Gasteiger partial charge on any atom is -0.381 e. The molecule has 0 aliphatic carbocycles. The highest BCUT2D eigenvalue weighted by Crippen LogP contribution is 2.29. The summed E-state index contributed by atoms with van der Waals surface area (Å²) in [5, 5.41) is 3.60. The van der Waals surface area contributed by atoms with Gasteiger partial charge >= 0.3 is 0 Å². The van der Waals surface area contributed by atoms with Crippen LogP contribution in [0.25, 0.3) is 0 Å². The lowest BCUT2D eigenvalue weighted by atomic mass is 9.86. The van der Waals surface area contributed by atoms with Crippen LogP contribution in [0.5, 0.6) is 0 Å². The van der Waals surface area contributed by atoms with E-state index in [-0.39, 0.29) is 0 Å². The Hall–Kier alpha value is -0.160. The van der Waals surface area contributed by atoms with Crippen molar-refractivity contribution in [1.29, 1.82) is 0 Å². The molecule has 0 spiro atoms. The van der Waals surface area contributed by atoms with Crippen molar-refractivity contribution in [2.24, 2.45) is 11.3 Å². The molecule has 0 radical (unpaired) electrons. The number of ether oxygens (including phenoxy) is 2. The predicted molar refractivity (Wildman–Crippen MR) is 82.1 cm³/mol. The lowest BCUT2D eigenvalue weighted by molar-refractivity contribution is 0.0339. The summed E-state index contributed by atoms with van der Waals surface area (Å²) in [7, 11) is 2.26. The molecule has 4 heteroatoms. The number of rotatable bonds is 8. The van der Waals surface area contributed by atoms with Gasteiger partial charge in [-0.15, -0.1) is 0 Å². The summed E-state index contributed by atoms with van der Waals surface area (Å²) >= 11 is 0. The molecule has 0 aromatic rings. The van der Waals surface area contributed by atoms with Gasteiger partial charge in [0, 0.05) is 38.3 Å². The lowest BCUT2D eigenvalue weighted by Crippen LogP contribution is -2.45. The third-order valence-electron chi connectivity index (χ3n) is 4.54. The van der Waals surface area contributed by atoms with Crippen molar-refractivity contribution in [2.75, 3.05) is 59.7 Å². The Bertz CT molecular complexity index is 261. The Kier molecular flexibility index (Phi) is 6.75. The molecular formula is C16H32N2O2. The highest BCUT2D eigenvalue weighted by molar-refractivity contribution is 4.88. The van der Waals surface area contributed by atoms with E-state index in [1.165, 1.54) is 25.7 Å². The van der Waals surface area contributed by atoms with E-state index in [1.807, 2.05) is 0 Å². The second kappa shape index (κ2) is 8.32. The highest BCUT2D eigenvalue weighted by atomic mass is 16.5. The Morgan fingerprint density at radius 1 is 1.30 bits per heavy atom. The van der Waals surface area contributed by atoms with E-state index in [2.05, 4.69) is 24.2 Å². The van der Waals surface area contributed by atoms with E-state index in [1.54, 1.807) is 0 Å². The van der Waals surface area contributed by atoms with E-state index in [0.717, 1.165) is 58.5 Å². The van der Waals surface area contributed by atoms with E-state index < -0.39 is 0 Å². The van der Waals surface area contributed by atoms with E-state index in [9.17, 15) is 0 Å². The number of hydrogen-bond acceptors (Lipinski definition) is 4. The quantitative estimate of drug-likeness (QED) is 0.689. The molecule has 20 heavy (non-hydrogen) atoms. The topological polar surface area (TPSA) is 33.7 Å².